The van der Waals surface area contributed by atoms with Crippen LogP contribution in [0.25, 0.3) is 0 Å². The summed E-state index contributed by atoms with van der Waals surface area (Å²) in [7, 11) is 12.1. The number of nitrogens with one attached hydrogen (secondary N) is 2. The molecular weight excluding hydrogens is 276 g/mol. The zero-order valence-electron chi connectivity index (χ0n) is 14.1. The average molecular weight is 306 g/mol. The summed E-state index contributed by atoms with van der Waals surface area (Å²) >= 11 is 0. The van der Waals surface area contributed by atoms with E-state index in [0.717, 1.165) is 0 Å². The molecule has 0 aromatic rings. The smallest absolute Gasteiger partial charge is 0.408 e. The number of quaternary nitrogens is 2. The highest BCUT2D eigenvalue weighted by atomic mass is 16.6. The van der Waals surface area contributed by atoms with Crippen molar-refractivity contribution in [2.45, 2.75) is 0 Å². The zero-order valence-corrected chi connectivity index (χ0v) is 14.1. The topological polar surface area (TPSA) is 76.7 Å². The third kappa shape index (κ3) is 14.7. The van der Waals surface area contributed by atoms with E-state index in [9.17, 15) is 9.59 Å². The Balaban J connectivity index is 3.60. The number of hydrogen-bond donors (Lipinski definition) is 2. The fourth-order valence-corrected chi connectivity index (χ4v) is 1.11. The summed E-state index contributed by atoms with van der Waals surface area (Å²) in [4.78, 5) is 22.6. The molecule has 0 rings (SSSR count). The van der Waals surface area contributed by atoms with Crippen molar-refractivity contribution in [1.29, 1.82) is 0 Å². The highest BCUT2D eigenvalue weighted by Gasteiger charge is 2.10. The van der Waals surface area contributed by atoms with Crippen molar-refractivity contribution in [2.75, 3.05) is 75.3 Å². The van der Waals surface area contributed by atoms with Gasteiger partial charge in [0.05, 0.1) is 49.0 Å². The van der Waals surface area contributed by atoms with Crippen LogP contribution in [0.2, 0.25) is 0 Å². The van der Waals surface area contributed by atoms with E-state index in [2.05, 4.69) is 10.6 Å². The Kier molecular flexibility index (Phi) is 8.05. The summed E-state index contributed by atoms with van der Waals surface area (Å²) < 4.78 is 11.4. The van der Waals surface area contributed by atoms with E-state index in [4.69, 9.17) is 9.47 Å². The molecule has 0 saturated carbocycles. The number of carbonyl (C=O) groups excluding carboxylic acids is 2. The molecule has 0 aliphatic heterocycles. The van der Waals surface area contributed by atoms with Crippen LogP contribution in [-0.4, -0.2) is 96.4 Å². The van der Waals surface area contributed by atoms with Crippen LogP contribution in [0.3, 0.4) is 0 Å². The summed E-state index contributed by atoms with van der Waals surface area (Å²) in [6.07, 6.45) is -1.12. The maximum atomic E-state index is 11.3. The Labute approximate surface area is 127 Å². The normalized spacial score (nSPS) is 11.7. The van der Waals surface area contributed by atoms with Crippen molar-refractivity contribution in [3.05, 3.63) is 0 Å². The molecule has 0 atom stereocenters. The number of carbonyl (C=O) groups is 2. The maximum Gasteiger partial charge on any atom is 0.408 e. The van der Waals surface area contributed by atoms with E-state index in [1.54, 1.807) is 0 Å². The highest BCUT2D eigenvalue weighted by molar-refractivity contribution is 5.69. The summed E-state index contributed by atoms with van der Waals surface area (Å²) in [5.74, 6) is 0. The number of rotatable bonds is 8. The molecule has 124 valence electrons. The second-order valence-corrected chi connectivity index (χ2v) is 6.83. The van der Waals surface area contributed by atoms with E-state index >= 15 is 0 Å². The Morgan fingerprint density at radius 3 is 1.38 bits per heavy atom. The SMILES string of the molecule is C[N+](C)(C)CCOC(=O)NCNC(=O)OCC[N+](C)(C)C. The van der Waals surface area contributed by atoms with Gasteiger partial charge in [-0.3, -0.25) is 0 Å². The molecule has 0 saturated heterocycles. The molecule has 0 spiro atoms. The summed E-state index contributed by atoms with van der Waals surface area (Å²) in [6, 6.07) is 0. The maximum absolute atomic E-state index is 11.3. The van der Waals surface area contributed by atoms with E-state index in [1.807, 2.05) is 42.3 Å². The minimum Gasteiger partial charge on any atom is -0.444 e. The van der Waals surface area contributed by atoms with Gasteiger partial charge in [-0.1, -0.05) is 0 Å². The lowest BCUT2D eigenvalue weighted by molar-refractivity contribution is -0.870. The second-order valence-electron chi connectivity index (χ2n) is 6.83. The number of alkyl carbamates (subject to hydrolysis) is 2. The van der Waals surface area contributed by atoms with E-state index < -0.39 is 12.2 Å². The molecule has 0 aliphatic rings. The second kappa shape index (κ2) is 8.68. The molecule has 0 heterocycles. The van der Waals surface area contributed by atoms with Crippen molar-refractivity contribution < 1.29 is 28.0 Å². The van der Waals surface area contributed by atoms with Gasteiger partial charge in [-0.2, -0.15) is 0 Å². The number of nitrogens with zero attached hydrogens (tertiary/aromatic N) is 2. The minimum atomic E-state index is -0.560. The van der Waals surface area contributed by atoms with Gasteiger partial charge in [-0.15, -0.1) is 0 Å². The highest BCUT2D eigenvalue weighted by Crippen LogP contribution is 1.90. The molecular formula is C13H30N4O4+2. The van der Waals surface area contributed by atoms with Crippen LogP contribution in [-0.2, 0) is 9.47 Å². The van der Waals surface area contributed by atoms with Crippen molar-refractivity contribution in [2.24, 2.45) is 0 Å². The molecule has 8 heteroatoms. The first-order chi connectivity index (χ1) is 9.49. The third-order valence-corrected chi connectivity index (χ3v) is 2.46. The Hall–Kier alpha value is -1.54. The molecule has 0 aromatic heterocycles. The number of likely N-dealkylation sites (N-methyl/N-ethyl adjacent to an activating group) is 2. The lowest BCUT2D eigenvalue weighted by Crippen LogP contribution is -2.42. The van der Waals surface area contributed by atoms with Gasteiger partial charge in [0.25, 0.3) is 0 Å². The number of amides is 2. The quantitative estimate of drug-likeness (QED) is 0.481. The van der Waals surface area contributed by atoms with Crippen LogP contribution in [0.4, 0.5) is 9.59 Å². The zero-order chi connectivity index (χ0) is 16.5. The van der Waals surface area contributed by atoms with E-state index in [1.165, 1.54) is 0 Å². The largest absolute Gasteiger partial charge is 0.444 e. The standard InChI is InChI=1S/C13H28N4O4/c1-16(2,3)7-9-20-12(18)14-11-15-13(19)21-10-8-17(4,5)6/h7-11H2,1-6H3/p+2. The monoisotopic (exact) mass is 306 g/mol. The molecule has 0 aliphatic carbocycles. The lowest BCUT2D eigenvalue weighted by atomic mass is 10.5. The number of hydrogen-bond acceptors (Lipinski definition) is 4. The average Bonchev–Trinajstić information content (AvgIpc) is 2.25. The summed E-state index contributed by atoms with van der Waals surface area (Å²) in [5.41, 5.74) is 0. The fourth-order valence-electron chi connectivity index (χ4n) is 1.11. The fraction of sp³-hybridized carbons (Fsp3) is 0.846. The van der Waals surface area contributed by atoms with Crippen LogP contribution >= 0.6 is 0 Å². The molecule has 0 fully saturated rings. The molecule has 0 radical (unpaired) electrons. The van der Waals surface area contributed by atoms with E-state index in [-0.39, 0.29) is 6.67 Å². The molecule has 0 unspecified atom stereocenters. The van der Waals surface area contributed by atoms with Gasteiger partial charge in [0.15, 0.2) is 0 Å². The molecule has 8 nitrogen and oxygen atoms in total. The molecule has 0 aromatic carbocycles. The Morgan fingerprint density at radius 1 is 0.762 bits per heavy atom. The van der Waals surface area contributed by atoms with Crippen molar-refractivity contribution in [1.82, 2.24) is 10.6 Å². The lowest BCUT2D eigenvalue weighted by Gasteiger charge is -2.23. The van der Waals surface area contributed by atoms with Crippen molar-refractivity contribution in [3.63, 3.8) is 0 Å². The summed E-state index contributed by atoms with van der Waals surface area (Å²) in [6.45, 7) is 2.06. The van der Waals surface area contributed by atoms with Gasteiger partial charge in [0, 0.05) is 0 Å². The predicted octanol–water partition coefficient (Wildman–Crippen LogP) is -0.191. The number of ether oxygens (including phenoxy) is 2. The van der Waals surface area contributed by atoms with Gasteiger partial charge in [0.1, 0.15) is 26.3 Å². The van der Waals surface area contributed by atoms with Gasteiger partial charge in [-0.25, -0.2) is 9.59 Å². The summed E-state index contributed by atoms with van der Waals surface area (Å²) in [5, 5.41) is 4.85. The first kappa shape index (κ1) is 19.5. The minimum absolute atomic E-state index is 0.0214. The Morgan fingerprint density at radius 2 is 1.10 bits per heavy atom. The molecule has 21 heavy (non-hydrogen) atoms. The van der Waals surface area contributed by atoms with Crippen LogP contribution in [0.15, 0.2) is 0 Å². The Bertz CT molecular complexity index is 302. The predicted molar refractivity (Wildman–Crippen MR) is 79.6 cm³/mol. The van der Waals surface area contributed by atoms with Gasteiger partial charge in [-0.05, 0) is 0 Å². The van der Waals surface area contributed by atoms with Crippen molar-refractivity contribution in [3.8, 4) is 0 Å². The van der Waals surface area contributed by atoms with Crippen LogP contribution < -0.4 is 10.6 Å². The first-order valence-corrected chi connectivity index (χ1v) is 6.92. The van der Waals surface area contributed by atoms with Crippen LogP contribution in [0.5, 0.6) is 0 Å². The van der Waals surface area contributed by atoms with Gasteiger partial charge in [0.2, 0.25) is 0 Å². The molecule has 2 amide bonds. The molecule has 2 N–H and O–H groups in total. The first-order valence-electron chi connectivity index (χ1n) is 6.92. The molecule has 0 bridgehead atoms. The third-order valence-electron chi connectivity index (χ3n) is 2.46. The van der Waals surface area contributed by atoms with Crippen molar-refractivity contribution >= 4 is 12.2 Å². The van der Waals surface area contributed by atoms with Crippen LogP contribution in [0, 0.1) is 0 Å². The van der Waals surface area contributed by atoms with E-state index in [0.29, 0.717) is 35.3 Å². The van der Waals surface area contributed by atoms with Gasteiger partial charge >= 0.3 is 12.2 Å². The van der Waals surface area contributed by atoms with Crippen LogP contribution in [0.1, 0.15) is 0 Å². The van der Waals surface area contributed by atoms with Gasteiger partial charge < -0.3 is 29.1 Å².